The van der Waals surface area contributed by atoms with Gasteiger partial charge in [0.05, 0.1) is 7.11 Å². The van der Waals surface area contributed by atoms with Gasteiger partial charge in [0.2, 0.25) is 6.79 Å². The molecule has 0 saturated carbocycles. The predicted octanol–water partition coefficient (Wildman–Crippen LogP) is 3.18. The summed E-state index contributed by atoms with van der Waals surface area (Å²) < 4.78 is 29.3. The normalized spacial score (nSPS) is 12.3. The Morgan fingerprint density at radius 2 is 2.00 bits per heavy atom. The Balaban J connectivity index is 1.70. The van der Waals surface area contributed by atoms with E-state index in [0.29, 0.717) is 23.6 Å². The second kappa shape index (κ2) is 5.28. The number of halogens is 1. The summed E-state index contributed by atoms with van der Waals surface area (Å²) in [4.78, 5) is 0. The van der Waals surface area contributed by atoms with Crippen molar-refractivity contribution in [3.8, 4) is 17.2 Å². The first-order valence-corrected chi connectivity index (χ1v) is 6.22. The number of methoxy groups -OCH3 is 1. The first kappa shape index (κ1) is 12.6. The molecule has 20 heavy (non-hydrogen) atoms. The Kier molecular flexibility index (Phi) is 3.33. The lowest BCUT2D eigenvalue weighted by atomic mass is 10.2. The van der Waals surface area contributed by atoms with E-state index in [4.69, 9.17) is 14.2 Å². The van der Waals surface area contributed by atoms with Crippen LogP contribution in [0.5, 0.6) is 17.2 Å². The van der Waals surface area contributed by atoms with Crippen molar-refractivity contribution in [3.05, 3.63) is 47.8 Å². The third-order valence-electron chi connectivity index (χ3n) is 3.12. The van der Waals surface area contributed by atoms with Crippen molar-refractivity contribution in [1.82, 2.24) is 0 Å². The number of fused-ring (bicyclic) bond motifs is 1. The second-order valence-corrected chi connectivity index (χ2v) is 4.38. The highest BCUT2D eigenvalue weighted by Gasteiger charge is 2.13. The molecule has 0 unspecified atom stereocenters. The molecule has 1 aliphatic heterocycles. The molecule has 0 bridgehead atoms. The molecule has 104 valence electrons. The summed E-state index contributed by atoms with van der Waals surface area (Å²) in [7, 11) is 1.51. The fourth-order valence-corrected chi connectivity index (χ4v) is 2.00. The van der Waals surface area contributed by atoms with Crippen molar-refractivity contribution in [2.75, 3.05) is 19.2 Å². The van der Waals surface area contributed by atoms with E-state index in [1.807, 2.05) is 18.2 Å². The molecule has 0 amide bonds. The van der Waals surface area contributed by atoms with Crippen molar-refractivity contribution in [2.45, 2.75) is 6.54 Å². The third kappa shape index (κ3) is 2.47. The number of ether oxygens (including phenoxy) is 3. The van der Waals surface area contributed by atoms with Gasteiger partial charge in [-0.05, 0) is 18.2 Å². The van der Waals surface area contributed by atoms with Crippen LogP contribution < -0.4 is 19.5 Å². The Morgan fingerprint density at radius 3 is 2.80 bits per heavy atom. The number of nitrogens with one attached hydrogen (secondary N) is 1. The summed E-state index contributed by atoms with van der Waals surface area (Å²) in [6, 6.07) is 10.3. The molecule has 0 radical (unpaired) electrons. The maximum absolute atomic E-state index is 13.8. The summed E-state index contributed by atoms with van der Waals surface area (Å²) in [5, 5.41) is 3.15. The van der Waals surface area contributed by atoms with Gasteiger partial charge in [-0.25, -0.2) is 4.39 Å². The van der Waals surface area contributed by atoms with Gasteiger partial charge in [0.15, 0.2) is 11.5 Å². The SMILES string of the molecule is COc1ccc(CNc2ccc3c(c2)OCO3)c(F)c1. The molecule has 1 heterocycles. The van der Waals surface area contributed by atoms with Gasteiger partial charge < -0.3 is 19.5 Å². The molecule has 0 fully saturated rings. The number of rotatable bonds is 4. The Labute approximate surface area is 116 Å². The van der Waals surface area contributed by atoms with Gasteiger partial charge in [0, 0.05) is 29.9 Å². The zero-order valence-corrected chi connectivity index (χ0v) is 11.0. The van der Waals surface area contributed by atoms with Gasteiger partial charge in [0.1, 0.15) is 11.6 Å². The van der Waals surface area contributed by atoms with E-state index in [1.165, 1.54) is 13.2 Å². The molecule has 0 saturated heterocycles. The average molecular weight is 275 g/mol. The Hall–Kier alpha value is -2.43. The van der Waals surface area contributed by atoms with Crippen LogP contribution in [0.2, 0.25) is 0 Å². The monoisotopic (exact) mass is 275 g/mol. The molecular weight excluding hydrogens is 261 g/mol. The maximum Gasteiger partial charge on any atom is 0.231 e. The first-order valence-electron chi connectivity index (χ1n) is 6.22. The average Bonchev–Trinajstić information content (AvgIpc) is 2.93. The largest absolute Gasteiger partial charge is 0.497 e. The first-order chi connectivity index (χ1) is 9.76. The number of hydrogen-bond acceptors (Lipinski definition) is 4. The Bertz CT molecular complexity index is 631. The summed E-state index contributed by atoms with van der Waals surface area (Å²) in [5.41, 5.74) is 1.42. The van der Waals surface area contributed by atoms with Gasteiger partial charge >= 0.3 is 0 Å². The molecule has 0 spiro atoms. The van der Waals surface area contributed by atoms with Gasteiger partial charge in [-0.2, -0.15) is 0 Å². The predicted molar refractivity (Wildman–Crippen MR) is 72.8 cm³/mol. The van der Waals surface area contributed by atoms with Crippen LogP contribution in [0.15, 0.2) is 36.4 Å². The quantitative estimate of drug-likeness (QED) is 0.930. The van der Waals surface area contributed by atoms with Crippen LogP contribution in [0.4, 0.5) is 10.1 Å². The van der Waals surface area contributed by atoms with E-state index >= 15 is 0 Å². The molecule has 4 nitrogen and oxygen atoms in total. The smallest absolute Gasteiger partial charge is 0.231 e. The summed E-state index contributed by atoms with van der Waals surface area (Å²) in [6.07, 6.45) is 0. The van der Waals surface area contributed by atoms with Crippen LogP contribution in [0.1, 0.15) is 5.56 Å². The highest BCUT2D eigenvalue weighted by Crippen LogP contribution is 2.34. The van der Waals surface area contributed by atoms with E-state index in [0.717, 1.165) is 11.4 Å². The minimum atomic E-state index is -0.294. The summed E-state index contributed by atoms with van der Waals surface area (Å²) in [5.74, 6) is 1.64. The molecule has 2 aromatic carbocycles. The van der Waals surface area contributed by atoms with E-state index in [-0.39, 0.29) is 12.6 Å². The zero-order chi connectivity index (χ0) is 13.9. The molecule has 3 rings (SSSR count). The fraction of sp³-hybridized carbons (Fsp3) is 0.200. The fourth-order valence-electron chi connectivity index (χ4n) is 2.00. The van der Waals surface area contributed by atoms with Crippen LogP contribution in [0.25, 0.3) is 0 Å². The zero-order valence-electron chi connectivity index (χ0n) is 11.0. The highest BCUT2D eigenvalue weighted by molar-refractivity contribution is 5.55. The van der Waals surface area contributed by atoms with Crippen molar-refractivity contribution >= 4 is 5.69 Å². The molecule has 2 aromatic rings. The third-order valence-corrected chi connectivity index (χ3v) is 3.12. The minimum absolute atomic E-state index is 0.242. The lowest BCUT2D eigenvalue weighted by molar-refractivity contribution is 0.174. The molecule has 1 N–H and O–H groups in total. The van der Waals surface area contributed by atoms with Gasteiger partial charge in [-0.15, -0.1) is 0 Å². The van der Waals surface area contributed by atoms with E-state index < -0.39 is 0 Å². The second-order valence-electron chi connectivity index (χ2n) is 4.38. The molecule has 0 aromatic heterocycles. The lowest BCUT2D eigenvalue weighted by Gasteiger charge is -2.09. The minimum Gasteiger partial charge on any atom is -0.497 e. The topological polar surface area (TPSA) is 39.7 Å². The number of hydrogen-bond donors (Lipinski definition) is 1. The lowest BCUT2D eigenvalue weighted by Crippen LogP contribution is -2.02. The van der Waals surface area contributed by atoms with Crippen molar-refractivity contribution in [1.29, 1.82) is 0 Å². The summed E-state index contributed by atoms with van der Waals surface area (Å²) >= 11 is 0. The molecular formula is C15H14FNO3. The van der Waals surface area contributed by atoms with Crippen LogP contribution >= 0.6 is 0 Å². The van der Waals surface area contributed by atoms with Gasteiger partial charge in [0.25, 0.3) is 0 Å². The van der Waals surface area contributed by atoms with Crippen LogP contribution in [-0.4, -0.2) is 13.9 Å². The molecule has 0 atom stereocenters. The number of benzene rings is 2. The number of anilines is 1. The molecule has 0 aliphatic carbocycles. The van der Waals surface area contributed by atoms with Crippen LogP contribution in [-0.2, 0) is 6.54 Å². The van der Waals surface area contributed by atoms with Crippen molar-refractivity contribution in [3.63, 3.8) is 0 Å². The Morgan fingerprint density at radius 1 is 1.15 bits per heavy atom. The highest BCUT2D eigenvalue weighted by atomic mass is 19.1. The van der Waals surface area contributed by atoms with Gasteiger partial charge in [-0.3, -0.25) is 0 Å². The van der Waals surface area contributed by atoms with Crippen molar-refractivity contribution in [2.24, 2.45) is 0 Å². The maximum atomic E-state index is 13.8. The summed E-state index contributed by atoms with van der Waals surface area (Å²) in [6.45, 7) is 0.626. The van der Waals surface area contributed by atoms with E-state index in [2.05, 4.69) is 5.32 Å². The van der Waals surface area contributed by atoms with Gasteiger partial charge in [-0.1, -0.05) is 6.07 Å². The standard InChI is InChI=1S/C15H14FNO3/c1-18-12-4-2-10(13(16)7-12)8-17-11-3-5-14-15(6-11)20-9-19-14/h2-7,17H,8-9H2,1H3. The molecule has 1 aliphatic rings. The van der Waals surface area contributed by atoms with Crippen LogP contribution in [0, 0.1) is 5.82 Å². The van der Waals surface area contributed by atoms with Crippen LogP contribution in [0.3, 0.4) is 0 Å². The molecule has 5 heteroatoms. The van der Waals surface area contributed by atoms with E-state index in [1.54, 1.807) is 12.1 Å². The van der Waals surface area contributed by atoms with E-state index in [9.17, 15) is 4.39 Å². The van der Waals surface area contributed by atoms with Crippen molar-refractivity contribution < 1.29 is 18.6 Å².